The van der Waals surface area contributed by atoms with E-state index in [1.165, 1.54) is 104 Å². The molecule has 7 aromatic carbocycles. The van der Waals surface area contributed by atoms with Crippen molar-refractivity contribution in [2.24, 2.45) is 0 Å². The maximum atomic E-state index is 7.76. The van der Waals surface area contributed by atoms with Gasteiger partial charge in [-0.2, -0.15) is 0 Å². The van der Waals surface area contributed by atoms with Crippen LogP contribution in [-0.2, 0) is 27.1 Å². The summed E-state index contributed by atoms with van der Waals surface area (Å²) in [6.07, 6.45) is 0. The molecule has 6 heteroatoms. The summed E-state index contributed by atoms with van der Waals surface area (Å²) in [5.41, 5.74) is 20.9. The van der Waals surface area contributed by atoms with Crippen LogP contribution in [0.3, 0.4) is 0 Å². The zero-order valence-corrected chi connectivity index (χ0v) is 42.7. The van der Waals surface area contributed by atoms with Crippen molar-refractivity contribution >= 4 is 89.8 Å². The molecule has 0 radical (unpaired) electrons. The Morgan fingerprint density at radius 1 is 0.353 bits per heavy atom. The molecule has 2 aromatic heterocycles. The van der Waals surface area contributed by atoms with Gasteiger partial charge in [-0.05, 0) is 119 Å². The molecule has 0 saturated carbocycles. The summed E-state index contributed by atoms with van der Waals surface area (Å²) in [6.45, 7) is 34.8. The average Bonchev–Trinajstić information content (AvgIpc) is 3.77. The van der Waals surface area contributed by atoms with E-state index in [9.17, 15) is 0 Å². The Balaban J connectivity index is 1.28. The Hall–Kier alpha value is -6.13. The first-order valence-electron chi connectivity index (χ1n) is 25.0. The van der Waals surface area contributed by atoms with Crippen LogP contribution in [0.15, 0.2) is 103 Å². The van der Waals surface area contributed by atoms with Crippen LogP contribution < -0.4 is 42.3 Å². The molecular formula is C62H62B2N2O2. The highest BCUT2D eigenvalue weighted by Gasteiger charge is 2.51. The number of hydrogen-bond donors (Lipinski definition) is 0. The van der Waals surface area contributed by atoms with Gasteiger partial charge in [-0.3, -0.25) is 0 Å². The highest BCUT2D eigenvalue weighted by atomic mass is 16.5. The second-order valence-electron chi connectivity index (χ2n) is 25.9. The van der Waals surface area contributed by atoms with Crippen LogP contribution in [0.25, 0.3) is 55.0 Å². The molecule has 6 heterocycles. The molecule has 4 nitrogen and oxygen atoms in total. The third-order valence-corrected chi connectivity index (χ3v) is 16.2. The van der Waals surface area contributed by atoms with E-state index in [4.69, 9.17) is 9.47 Å². The van der Waals surface area contributed by atoms with Gasteiger partial charge in [0.25, 0.3) is 13.4 Å². The fourth-order valence-corrected chi connectivity index (χ4v) is 12.3. The van der Waals surface area contributed by atoms with Gasteiger partial charge in [0.1, 0.15) is 23.0 Å². The molecule has 0 unspecified atom stereocenters. The Morgan fingerprint density at radius 3 is 1.18 bits per heavy atom. The highest BCUT2D eigenvalue weighted by molar-refractivity contribution is 7.02. The maximum absolute atomic E-state index is 7.76. The molecule has 9 aromatic rings. The van der Waals surface area contributed by atoms with Crippen LogP contribution in [0, 0.1) is 0 Å². The minimum Gasteiger partial charge on any atom is -0.456 e. The topological polar surface area (TPSA) is 28.3 Å². The summed E-state index contributed by atoms with van der Waals surface area (Å²) in [5.74, 6) is 3.73. The summed E-state index contributed by atoms with van der Waals surface area (Å²) < 4.78 is 20.7. The molecule has 0 spiro atoms. The summed E-state index contributed by atoms with van der Waals surface area (Å²) in [5, 5.41) is 5.12. The van der Waals surface area contributed by atoms with E-state index >= 15 is 0 Å². The standard InChI is InChI=1S/C62H62B2N2O2/c1-58(2,3)33-20-23-47-39(26-33)41-28-37(62(13,14)15)32-45-53(41)66(47)55-51-56(67-49-25-22-35(60(7,8)9)30-43(49)64(45)51)54-50-57(55)68-48-24-21-34(59(4,5)6)29-42(48)63(50)44-31-36(61(10,11)12)27-40-38-18-16-17-19-46(38)65(54)52(40)44/h16-32H,1-15H3. The fraction of sp³-hybridized carbons (Fsp3) is 0.323. The van der Waals surface area contributed by atoms with Crippen LogP contribution in [0.2, 0.25) is 0 Å². The summed E-state index contributed by atoms with van der Waals surface area (Å²) >= 11 is 0. The number of ether oxygens (including phenoxy) is 2. The Bertz CT molecular complexity index is 3770. The average molecular weight is 889 g/mol. The molecule has 0 saturated heterocycles. The first kappa shape index (κ1) is 42.0. The van der Waals surface area contributed by atoms with Gasteiger partial charge < -0.3 is 18.6 Å². The smallest absolute Gasteiger partial charge is 0.256 e. The normalized spacial score (nSPS) is 14.9. The molecule has 0 N–H and O–H groups in total. The number of para-hydroxylation sites is 1. The van der Waals surface area contributed by atoms with E-state index < -0.39 is 0 Å². The molecule has 4 aliphatic heterocycles. The highest BCUT2D eigenvalue weighted by Crippen LogP contribution is 2.50. The summed E-state index contributed by atoms with van der Waals surface area (Å²) in [6, 6.07) is 40.4. The van der Waals surface area contributed by atoms with Crippen LogP contribution in [0.4, 0.5) is 0 Å². The van der Waals surface area contributed by atoms with Gasteiger partial charge in [-0.15, -0.1) is 0 Å². The Morgan fingerprint density at radius 2 is 0.721 bits per heavy atom. The second kappa shape index (κ2) is 12.9. The number of hydrogen-bond acceptors (Lipinski definition) is 2. The lowest BCUT2D eigenvalue weighted by atomic mass is 9.31. The van der Waals surface area contributed by atoms with E-state index in [1.54, 1.807) is 0 Å². The summed E-state index contributed by atoms with van der Waals surface area (Å²) in [4.78, 5) is 0. The molecule has 0 aliphatic carbocycles. The lowest BCUT2D eigenvalue weighted by molar-refractivity contribution is 0.471. The van der Waals surface area contributed by atoms with Crippen molar-refractivity contribution in [2.45, 2.75) is 131 Å². The van der Waals surface area contributed by atoms with Crippen molar-refractivity contribution in [3.63, 3.8) is 0 Å². The van der Waals surface area contributed by atoms with Crippen molar-refractivity contribution in [3.8, 4) is 34.4 Å². The first-order chi connectivity index (χ1) is 31.9. The number of nitrogens with zero attached hydrogens (tertiary/aromatic N) is 2. The maximum Gasteiger partial charge on any atom is 0.256 e. The number of benzene rings is 7. The van der Waals surface area contributed by atoms with Crippen LogP contribution in [0.5, 0.6) is 23.0 Å². The predicted octanol–water partition coefficient (Wildman–Crippen LogP) is 12.2. The van der Waals surface area contributed by atoms with Crippen molar-refractivity contribution < 1.29 is 9.47 Å². The lowest BCUT2D eigenvalue weighted by Gasteiger charge is -2.42. The largest absolute Gasteiger partial charge is 0.456 e. The Kier molecular flexibility index (Phi) is 7.99. The van der Waals surface area contributed by atoms with Gasteiger partial charge in [0, 0.05) is 43.5 Å². The monoisotopic (exact) mass is 888 g/mol. The lowest BCUT2D eigenvalue weighted by Crippen LogP contribution is -2.63. The molecule has 0 fully saturated rings. The van der Waals surface area contributed by atoms with E-state index in [0.717, 1.165) is 34.4 Å². The van der Waals surface area contributed by atoms with E-state index in [1.807, 2.05) is 0 Å². The zero-order chi connectivity index (χ0) is 47.7. The number of rotatable bonds is 0. The molecular weight excluding hydrogens is 826 g/mol. The van der Waals surface area contributed by atoms with Crippen LogP contribution >= 0.6 is 0 Å². The van der Waals surface area contributed by atoms with Gasteiger partial charge in [-0.25, -0.2) is 0 Å². The molecule has 0 amide bonds. The van der Waals surface area contributed by atoms with Crippen molar-refractivity contribution in [2.75, 3.05) is 0 Å². The van der Waals surface area contributed by atoms with Crippen LogP contribution in [0.1, 0.15) is 132 Å². The zero-order valence-electron chi connectivity index (χ0n) is 42.7. The third-order valence-electron chi connectivity index (χ3n) is 16.2. The van der Waals surface area contributed by atoms with Gasteiger partial charge in [0.2, 0.25) is 0 Å². The first-order valence-corrected chi connectivity index (χ1v) is 25.0. The van der Waals surface area contributed by atoms with Gasteiger partial charge in [0.15, 0.2) is 0 Å². The number of aromatic nitrogens is 2. The minimum atomic E-state index is -0.120. The van der Waals surface area contributed by atoms with E-state index in [0.29, 0.717) is 0 Å². The van der Waals surface area contributed by atoms with Crippen molar-refractivity contribution in [1.29, 1.82) is 0 Å². The quantitative estimate of drug-likeness (QED) is 0.142. The number of fused-ring (bicyclic) bond motifs is 16. The molecule has 13 rings (SSSR count). The SMILES string of the molecule is CC(C)(C)c1ccc2c(c1)B1c3c(c4c5c(c3-n3c6ccccc6c6cc(C(C)(C)C)cc1c63)Oc1ccc(C(C)(C)C)cc1B5c1cc(C(C)(C)C)cc3c5cc(C(C)(C)C)ccc5n-4c13)O2. The molecule has 338 valence electrons. The molecule has 0 bridgehead atoms. The van der Waals surface area contributed by atoms with Crippen molar-refractivity contribution in [3.05, 3.63) is 131 Å². The fourth-order valence-electron chi connectivity index (χ4n) is 12.3. The second-order valence-corrected chi connectivity index (χ2v) is 25.9. The third kappa shape index (κ3) is 5.52. The molecule has 0 atom stereocenters. The van der Waals surface area contributed by atoms with E-state index in [-0.39, 0.29) is 40.5 Å². The molecule has 68 heavy (non-hydrogen) atoms. The predicted molar refractivity (Wildman–Crippen MR) is 291 cm³/mol. The summed E-state index contributed by atoms with van der Waals surface area (Å²) in [7, 11) is 0. The van der Waals surface area contributed by atoms with Gasteiger partial charge >= 0.3 is 0 Å². The minimum absolute atomic E-state index is 0.0267. The van der Waals surface area contributed by atoms with Crippen molar-refractivity contribution in [1.82, 2.24) is 9.13 Å². The van der Waals surface area contributed by atoms with E-state index in [2.05, 4.69) is 216 Å². The van der Waals surface area contributed by atoms with Gasteiger partial charge in [0.05, 0.1) is 22.4 Å². The molecule has 4 aliphatic rings. The van der Waals surface area contributed by atoms with Gasteiger partial charge in [-0.1, -0.05) is 165 Å². The Labute approximate surface area is 402 Å². The van der Waals surface area contributed by atoms with Crippen LogP contribution in [-0.4, -0.2) is 22.6 Å².